The van der Waals surface area contributed by atoms with Crippen LogP contribution in [-0.4, -0.2) is 46.5 Å². The van der Waals surface area contributed by atoms with Gasteiger partial charge in [0.2, 0.25) is 0 Å². The number of methoxy groups -OCH3 is 1. The zero-order valence-electron chi connectivity index (χ0n) is 12.2. The van der Waals surface area contributed by atoms with Crippen molar-refractivity contribution in [1.82, 2.24) is 0 Å². The van der Waals surface area contributed by atoms with Gasteiger partial charge in [-0.05, 0) is 6.07 Å². The molecule has 0 aromatic heterocycles. The van der Waals surface area contributed by atoms with Crippen molar-refractivity contribution in [1.29, 1.82) is 0 Å². The zero-order chi connectivity index (χ0) is 18.5. The third kappa shape index (κ3) is 5.45. The van der Waals surface area contributed by atoms with E-state index in [1.165, 1.54) is 7.11 Å². The molecule has 1 N–H and O–H groups in total. The number of benzene rings is 1. The molecular formula is C12H13ClF4O6S. The maximum atomic E-state index is 14.1. The normalized spacial score (nSPS) is 12.5. The molecule has 24 heavy (non-hydrogen) atoms. The number of alkyl halides is 3. The molecule has 0 fully saturated rings. The van der Waals surface area contributed by atoms with Gasteiger partial charge in [0, 0.05) is 7.11 Å². The Morgan fingerprint density at radius 2 is 1.79 bits per heavy atom. The molecule has 1 aromatic rings. The maximum Gasteiger partial charge on any atom is 0.421 e. The van der Waals surface area contributed by atoms with Crippen LogP contribution in [0, 0.1) is 5.82 Å². The Balaban J connectivity index is 3.16. The predicted molar refractivity (Wildman–Crippen MR) is 74.4 cm³/mol. The van der Waals surface area contributed by atoms with E-state index in [4.69, 9.17) is 20.9 Å². The topological polar surface area (TPSA) is 82.1 Å². The molecule has 0 amide bonds. The summed E-state index contributed by atoms with van der Waals surface area (Å²) in [6.45, 7) is -0.380. The molecule has 6 nitrogen and oxygen atoms in total. The summed E-state index contributed by atoms with van der Waals surface area (Å²) in [6, 6.07) is 0.164. The molecule has 1 aromatic carbocycles. The molecular weight excluding hydrogens is 384 g/mol. The van der Waals surface area contributed by atoms with Crippen LogP contribution in [0.1, 0.15) is 5.56 Å². The first kappa shape index (κ1) is 20.9. The summed E-state index contributed by atoms with van der Waals surface area (Å²) in [5.41, 5.74) is -1.69. The molecule has 0 aliphatic rings. The summed E-state index contributed by atoms with van der Waals surface area (Å²) < 4.78 is 98.3. The Kier molecular flexibility index (Phi) is 7.23. The van der Waals surface area contributed by atoms with Crippen LogP contribution in [0.25, 0.3) is 0 Å². The van der Waals surface area contributed by atoms with Gasteiger partial charge in [-0.15, -0.1) is 0 Å². The smallest absolute Gasteiger partial charge is 0.421 e. The van der Waals surface area contributed by atoms with E-state index in [-0.39, 0.29) is 25.9 Å². The van der Waals surface area contributed by atoms with Crippen LogP contribution in [0.15, 0.2) is 11.0 Å². The highest BCUT2D eigenvalue weighted by molar-refractivity contribution is 7.85. The summed E-state index contributed by atoms with van der Waals surface area (Å²) >= 11 is 5.39. The number of ether oxygens (including phenoxy) is 3. The van der Waals surface area contributed by atoms with Gasteiger partial charge in [0.25, 0.3) is 10.1 Å². The highest BCUT2D eigenvalue weighted by Crippen LogP contribution is 2.44. The minimum Gasteiger partial charge on any atom is -0.487 e. The van der Waals surface area contributed by atoms with Crippen LogP contribution in [0.2, 0.25) is 5.02 Å². The molecule has 0 bridgehead atoms. The lowest BCUT2D eigenvalue weighted by Gasteiger charge is -2.17. The predicted octanol–water partition coefficient (Wildman–Crippen LogP) is 2.79. The third-order valence-corrected chi connectivity index (χ3v) is 3.76. The monoisotopic (exact) mass is 396 g/mol. The van der Waals surface area contributed by atoms with Crippen molar-refractivity contribution in [2.24, 2.45) is 0 Å². The number of halogens is 5. The highest BCUT2D eigenvalue weighted by Gasteiger charge is 2.41. The fourth-order valence-corrected chi connectivity index (χ4v) is 2.57. The van der Waals surface area contributed by atoms with E-state index < -0.39 is 49.9 Å². The van der Waals surface area contributed by atoms with Crippen molar-refractivity contribution in [3.8, 4) is 5.75 Å². The van der Waals surface area contributed by atoms with E-state index in [2.05, 4.69) is 9.47 Å². The summed E-state index contributed by atoms with van der Waals surface area (Å²) in [5, 5.41) is -1.13. The number of hydrogen-bond acceptors (Lipinski definition) is 5. The van der Waals surface area contributed by atoms with Crippen molar-refractivity contribution < 1.29 is 44.7 Å². The van der Waals surface area contributed by atoms with Crippen LogP contribution < -0.4 is 4.74 Å². The molecule has 0 saturated heterocycles. The van der Waals surface area contributed by atoms with Crippen LogP contribution in [0.3, 0.4) is 0 Å². The standard InChI is InChI=1S/C12H13ClF4O6S/c1-21-2-3-22-4-5-23-11-9(12(15,16)17)7(13)6-8(10(11)14)24(18,19)20/h6H,2-5H2,1H3,(H,18,19,20). The molecule has 1 rings (SSSR count). The van der Waals surface area contributed by atoms with Gasteiger partial charge in [0.15, 0.2) is 11.6 Å². The Morgan fingerprint density at radius 3 is 2.29 bits per heavy atom. The van der Waals surface area contributed by atoms with E-state index in [1.807, 2.05) is 0 Å². The molecule has 0 heterocycles. The lowest BCUT2D eigenvalue weighted by atomic mass is 10.2. The summed E-state index contributed by atoms with van der Waals surface area (Å²) in [4.78, 5) is -1.42. The van der Waals surface area contributed by atoms with Gasteiger partial charge in [0.1, 0.15) is 17.1 Å². The molecule has 138 valence electrons. The lowest BCUT2D eigenvalue weighted by Crippen LogP contribution is -2.17. The van der Waals surface area contributed by atoms with Crippen molar-refractivity contribution in [2.75, 3.05) is 33.5 Å². The first-order chi connectivity index (χ1) is 11.0. The van der Waals surface area contributed by atoms with Gasteiger partial charge in [-0.1, -0.05) is 11.6 Å². The largest absolute Gasteiger partial charge is 0.487 e. The minimum atomic E-state index is -5.14. The molecule has 0 radical (unpaired) electrons. The molecule has 0 spiro atoms. The van der Waals surface area contributed by atoms with Crippen LogP contribution in [0.5, 0.6) is 5.75 Å². The highest BCUT2D eigenvalue weighted by atomic mass is 35.5. The van der Waals surface area contributed by atoms with Crippen molar-refractivity contribution >= 4 is 21.7 Å². The van der Waals surface area contributed by atoms with Gasteiger partial charge >= 0.3 is 6.18 Å². The van der Waals surface area contributed by atoms with Gasteiger partial charge in [-0.3, -0.25) is 4.55 Å². The van der Waals surface area contributed by atoms with E-state index in [0.717, 1.165) is 0 Å². The van der Waals surface area contributed by atoms with Crippen molar-refractivity contribution in [3.05, 3.63) is 22.5 Å². The fourth-order valence-electron chi connectivity index (χ4n) is 1.62. The molecule has 0 saturated carbocycles. The first-order valence-corrected chi connectivity index (χ1v) is 8.08. The average Bonchev–Trinajstić information content (AvgIpc) is 2.43. The second kappa shape index (κ2) is 8.30. The Morgan fingerprint density at radius 1 is 1.21 bits per heavy atom. The van der Waals surface area contributed by atoms with E-state index >= 15 is 0 Å². The molecule has 0 atom stereocenters. The van der Waals surface area contributed by atoms with E-state index in [1.54, 1.807) is 0 Å². The maximum absolute atomic E-state index is 14.1. The van der Waals surface area contributed by atoms with Gasteiger partial charge in [-0.25, -0.2) is 4.39 Å². The third-order valence-electron chi connectivity index (χ3n) is 2.61. The summed E-state index contributed by atoms with van der Waals surface area (Å²) in [6.07, 6.45) is -5.11. The van der Waals surface area contributed by atoms with Crippen molar-refractivity contribution in [3.63, 3.8) is 0 Å². The number of hydrogen-bond donors (Lipinski definition) is 1. The van der Waals surface area contributed by atoms with Crippen LogP contribution >= 0.6 is 11.6 Å². The quantitative estimate of drug-likeness (QED) is 0.413. The Hall–Kier alpha value is -1.14. The number of rotatable bonds is 8. The SMILES string of the molecule is COCCOCCOc1c(F)c(S(=O)(=O)O)cc(Cl)c1C(F)(F)F. The summed E-state index contributed by atoms with van der Waals surface area (Å²) in [7, 11) is -3.73. The zero-order valence-corrected chi connectivity index (χ0v) is 13.8. The van der Waals surface area contributed by atoms with Gasteiger partial charge in [-0.2, -0.15) is 21.6 Å². The van der Waals surface area contributed by atoms with Crippen LogP contribution in [0.4, 0.5) is 17.6 Å². The first-order valence-electron chi connectivity index (χ1n) is 6.26. The fraction of sp³-hybridized carbons (Fsp3) is 0.500. The van der Waals surface area contributed by atoms with E-state index in [0.29, 0.717) is 0 Å². The van der Waals surface area contributed by atoms with Gasteiger partial charge < -0.3 is 14.2 Å². The van der Waals surface area contributed by atoms with Crippen LogP contribution in [-0.2, 0) is 25.8 Å². The van der Waals surface area contributed by atoms with E-state index in [9.17, 15) is 26.0 Å². The Labute approximate surface area is 140 Å². The Bertz CT molecular complexity index is 677. The molecule has 0 aliphatic carbocycles. The average molecular weight is 397 g/mol. The molecule has 12 heteroatoms. The molecule has 0 aliphatic heterocycles. The lowest BCUT2D eigenvalue weighted by molar-refractivity contribution is -0.139. The summed E-state index contributed by atoms with van der Waals surface area (Å²) in [5.74, 6) is -3.33. The van der Waals surface area contributed by atoms with Crippen molar-refractivity contribution in [2.45, 2.75) is 11.1 Å². The molecule has 0 unspecified atom stereocenters. The second-order valence-corrected chi connectivity index (χ2v) is 6.10. The van der Waals surface area contributed by atoms with Gasteiger partial charge in [0.05, 0.1) is 24.8 Å². The minimum absolute atomic E-state index is 0.125. The second-order valence-electron chi connectivity index (χ2n) is 4.30.